The molecular weight excluding hydrogens is 364 g/mol. The fraction of sp³-hybridized carbons (Fsp3) is 0.300. The molecule has 1 aliphatic heterocycles. The van der Waals surface area contributed by atoms with E-state index in [-0.39, 0.29) is 36.2 Å². The van der Waals surface area contributed by atoms with Crippen molar-refractivity contribution in [1.82, 2.24) is 4.90 Å². The molecule has 2 atom stereocenters. The molecule has 0 bridgehead atoms. The summed E-state index contributed by atoms with van der Waals surface area (Å²) < 4.78 is 0. The van der Waals surface area contributed by atoms with Crippen molar-refractivity contribution in [3.63, 3.8) is 0 Å². The van der Waals surface area contributed by atoms with Crippen LogP contribution < -0.4 is 16.4 Å². The normalized spacial score (nSPS) is 19.2. The highest BCUT2D eigenvalue weighted by atomic mass is 35.5. The van der Waals surface area contributed by atoms with Crippen molar-refractivity contribution in [2.45, 2.75) is 18.9 Å². The number of carbonyl (C=O) groups excluding carboxylic acids is 2. The van der Waals surface area contributed by atoms with E-state index in [1.807, 2.05) is 18.2 Å². The third-order valence-corrected chi connectivity index (χ3v) is 4.52. The molecule has 4 N–H and O–H groups in total. The van der Waals surface area contributed by atoms with Crippen LogP contribution in [0.2, 0.25) is 0 Å². The van der Waals surface area contributed by atoms with Gasteiger partial charge in [-0.05, 0) is 29.8 Å². The van der Waals surface area contributed by atoms with Crippen LogP contribution in [-0.2, 0) is 9.59 Å². The van der Waals surface area contributed by atoms with E-state index in [1.54, 1.807) is 24.3 Å². The van der Waals surface area contributed by atoms with Crippen molar-refractivity contribution >= 4 is 35.6 Å². The Labute approximate surface area is 165 Å². The topological polar surface area (TPSA) is 87.5 Å². The Bertz CT molecular complexity index is 767. The average molecular weight is 389 g/mol. The minimum atomic E-state index is -0.125. The molecule has 1 saturated heterocycles. The Morgan fingerprint density at radius 1 is 1.00 bits per heavy atom. The lowest BCUT2D eigenvalue weighted by atomic mass is 9.95. The number of nitrogens with two attached hydrogens (primary N) is 1. The zero-order valence-electron chi connectivity index (χ0n) is 15.2. The van der Waals surface area contributed by atoms with Crippen LogP contribution in [0.1, 0.15) is 18.4 Å². The van der Waals surface area contributed by atoms with Crippen LogP contribution in [0.5, 0.6) is 0 Å². The highest BCUT2D eigenvalue weighted by Crippen LogP contribution is 2.26. The molecule has 1 heterocycles. The number of amides is 2. The number of likely N-dealkylation sites (tertiary alicyclic amines) is 1. The van der Waals surface area contributed by atoms with Gasteiger partial charge in [0.15, 0.2) is 0 Å². The van der Waals surface area contributed by atoms with Gasteiger partial charge in [0.2, 0.25) is 11.8 Å². The van der Waals surface area contributed by atoms with Crippen LogP contribution in [0.25, 0.3) is 0 Å². The molecule has 2 amide bonds. The van der Waals surface area contributed by atoms with E-state index in [4.69, 9.17) is 5.73 Å². The standard InChI is InChI=1S/C20H24N4O2.ClH/c1-14(25)22-16-7-9-17(10-8-16)23-20(26)13-24-11-18(19(21)12-24)15-5-3-2-4-6-15;/h2-10,18-19H,11-13,21H2,1H3,(H,22,25)(H,23,26);1H/t18-,19+;/m0./s1. The molecule has 2 aromatic carbocycles. The number of anilines is 2. The van der Waals surface area contributed by atoms with Gasteiger partial charge in [0.1, 0.15) is 0 Å². The predicted molar refractivity (Wildman–Crippen MR) is 110 cm³/mol. The number of nitrogens with one attached hydrogen (secondary N) is 2. The molecule has 6 nitrogen and oxygen atoms in total. The van der Waals surface area contributed by atoms with Crippen molar-refractivity contribution in [3.05, 3.63) is 60.2 Å². The third-order valence-electron chi connectivity index (χ3n) is 4.52. The molecule has 144 valence electrons. The van der Waals surface area contributed by atoms with Gasteiger partial charge < -0.3 is 16.4 Å². The van der Waals surface area contributed by atoms with Crippen LogP contribution in [0.4, 0.5) is 11.4 Å². The zero-order chi connectivity index (χ0) is 18.5. The summed E-state index contributed by atoms with van der Waals surface area (Å²) in [6.07, 6.45) is 0. The molecule has 27 heavy (non-hydrogen) atoms. The molecule has 3 rings (SSSR count). The lowest BCUT2D eigenvalue weighted by Gasteiger charge is -2.16. The second-order valence-corrected chi connectivity index (χ2v) is 6.68. The Morgan fingerprint density at radius 2 is 1.59 bits per heavy atom. The molecule has 0 saturated carbocycles. The summed E-state index contributed by atoms with van der Waals surface area (Å²) in [7, 11) is 0. The monoisotopic (exact) mass is 388 g/mol. The molecule has 0 spiro atoms. The minimum Gasteiger partial charge on any atom is -0.326 e. The van der Waals surface area contributed by atoms with E-state index in [0.717, 1.165) is 6.54 Å². The average Bonchev–Trinajstić information content (AvgIpc) is 2.97. The fourth-order valence-corrected chi connectivity index (χ4v) is 3.34. The maximum atomic E-state index is 12.3. The van der Waals surface area contributed by atoms with E-state index >= 15 is 0 Å². The first kappa shape index (κ1) is 20.9. The molecule has 0 aliphatic carbocycles. The van der Waals surface area contributed by atoms with Gasteiger partial charge in [-0.2, -0.15) is 0 Å². The SMILES string of the molecule is CC(=O)Nc1ccc(NC(=O)CN2C[C@@H](N)[C@H](c3ccccc3)C2)cc1.Cl. The fourth-order valence-electron chi connectivity index (χ4n) is 3.34. The summed E-state index contributed by atoms with van der Waals surface area (Å²) in [6.45, 7) is 3.25. The Morgan fingerprint density at radius 3 is 2.19 bits per heavy atom. The van der Waals surface area contributed by atoms with Crippen molar-refractivity contribution in [3.8, 4) is 0 Å². The predicted octanol–water partition coefficient (Wildman–Crippen LogP) is 2.43. The summed E-state index contributed by atoms with van der Waals surface area (Å²) in [6, 6.07) is 17.3. The van der Waals surface area contributed by atoms with Gasteiger partial charge in [-0.25, -0.2) is 0 Å². The number of carbonyl (C=O) groups is 2. The lowest BCUT2D eigenvalue weighted by molar-refractivity contribution is -0.117. The van der Waals surface area contributed by atoms with Crippen LogP contribution in [0.15, 0.2) is 54.6 Å². The van der Waals surface area contributed by atoms with Gasteiger partial charge in [-0.3, -0.25) is 14.5 Å². The van der Waals surface area contributed by atoms with Crippen LogP contribution in [-0.4, -0.2) is 42.4 Å². The Balaban J connectivity index is 0.00000261. The summed E-state index contributed by atoms with van der Waals surface area (Å²) in [5.41, 5.74) is 8.90. The zero-order valence-corrected chi connectivity index (χ0v) is 16.0. The van der Waals surface area contributed by atoms with E-state index in [1.165, 1.54) is 12.5 Å². The Hall–Kier alpha value is -2.41. The molecule has 0 radical (unpaired) electrons. The second-order valence-electron chi connectivity index (χ2n) is 6.68. The van der Waals surface area contributed by atoms with Gasteiger partial charge in [-0.1, -0.05) is 30.3 Å². The second kappa shape index (κ2) is 9.50. The summed E-state index contributed by atoms with van der Waals surface area (Å²) >= 11 is 0. The largest absolute Gasteiger partial charge is 0.326 e. The molecule has 1 aliphatic rings. The van der Waals surface area contributed by atoms with Crippen LogP contribution in [0, 0.1) is 0 Å². The summed E-state index contributed by atoms with van der Waals surface area (Å²) in [5, 5.41) is 5.58. The van der Waals surface area contributed by atoms with Crippen LogP contribution in [0.3, 0.4) is 0 Å². The molecule has 0 unspecified atom stereocenters. The van der Waals surface area contributed by atoms with E-state index in [0.29, 0.717) is 24.5 Å². The number of rotatable bonds is 5. The molecule has 1 fully saturated rings. The smallest absolute Gasteiger partial charge is 0.238 e. The first-order chi connectivity index (χ1) is 12.5. The van der Waals surface area contributed by atoms with Crippen molar-refractivity contribution < 1.29 is 9.59 Å². The van der Waals surface area contributed by atoms with Gasteiger partial charge in [0.05, 0.1) is 6.54 Å². The maximum absolute atomic E-state index is 12.3. The highest BCUT2D eigenvalue weighted by molar-refractivity contribution is 5.93. The van der Waals surface area contributed by atoms with E-state index in [9.17, 15) is 9.59 Å². The summed E-state index contributed by atoms with van der Waals surface area (Å²) in [5.74, 6) is 0.0549. The number of halogens is 1. The van der Waals surface area contributed by atoms with Crippen molar-refractivity contribution in [2.75, 3.05) is 30.3 Å². The van der Waals surface area contributed by atoms with Crippen molar-refractivity contribution in [2.24, 2.45) is 5.73 Å². The number of hydrogen-bond acceptors (Lipinski definition) is 4. The van der Waals surface area contributed by atoms with E-state index < -0.39 is 0 Å². The Kier molecular flexibility index (Phi) is 7.36. The van der Waals surface area contributed by atoms with E-state index in [2.05, 4.69) is 27.7 Å². The van der Waals surface area contributed by atoms with Gasteiger partial charge >= 0.3 is 0 Å². The third kappa shape index (κ3) is 5.79. The minimum absolute atomic E-state index is 0. The summed E-state index contributed by atoms with van der Waals surface area (Å²) in [4.78, 5) is 25.4. The quantitative estimate of drug-likeness (QED) is 0.734. The molecule has 7 heteroatoms. The maximum Gasteiger partial charge on any atom is 0.238 e. The van der Waals surface area contributed by atoms with Gasteiger partial charge in [0, 0.05) is 43.3 Å². The number of nitrogens with zero attached hydrogens (tertiary/aromatic N) is 1. The van der Waals surface area contributed by atoms with Gasteiger partial charge in [0.25, 0.3) is 0 Å². The molecule has 0 aromatic heterocycles. The first-order valence-corrected chi connectivity index (χ1v) is 8.71. The highest BCUT2D eigenvalue weighted by Gasteiger charge is 2.31. The number of benzene rings is 2. The molecular formula is C20H25ClN4O2. The molecule has 2 aromatic rings. The van der Waals surface area contributed by atoms with Gasteiger partial charge in [-0.15, -0.1) is 12.4 Å². The van der Waals surface area contributed by atoms with Crippen molar-refractivity contribution in [1.29, 1.82) is 0 Å². The number of hydrogen-bond donors (Lipinski definition) is 3. The first-order valence-electron chi connectivity index (χ1n) is 8.71. The lowest BCUT2D eigenvalue weighted by Crippen LogP contribution is -2.33. The van der Waals surface area contributed by atoms with Crippen LogP contribution >= 0.6 is 12.4 Å².